The van der Waals surface area contributed by atoms with E-state index in [0.29, 0.717) is 18.2 Å². The summed E-state index contributed by atoms with van der Waals surface area (Å²) in [5, 5.41) is 8.54. The normalized spacial score (nSPS) is 10.8. The van der Waals surface area contributed by atoms with Gasteiger partial charge in [-0.1, -0.05) is 36.4 Å². The third-order valence-electron chi connectivity index (χ3n) is 4.57. The van der Waals surface area contributed by atoms with Crippen LogP contribution in [-0.2, 0) is 4.79 Å². The second-order valence-electron chi connectivity index (χ2n) is 6.86. The van der Waals surface area contributed by atoms with Crippen LogP contribution in [0.3, 0.4) is 0 Å². The van der Waals surface area contributed by atoms with Gasteiger partial charge >= 0.3 is 0 Å². The fourth-order valence-electron chi connectivity index (χ4n) is 3.19. The smallest absolute Gasteiger partial charge is 0.228 e. The number of aromatic nitrogens is 3. The molecule has 0 unspecified atom stereocenters. The lowest BCUT2D eigenvalue weighted by atomic mass is 10.1. The molecule has 0 fully saturated rings. The van der Waals surface area contributed by atoms with Crippen molar-refractivity contribution < 1.29 is 9.53 Å². The van der Waals surface area contributed by atoms with Gasteiger partial charge in [-0.25, -0.2) is 4.98 Å². The molecule has 6 heteroatoms. The van der Waals surface area contributed by atoms with Gasteiger partial charge in [-0.3, -0.25) is 4.79 Å². The van der Waals surface area contributed by atoms with Gasteiger partial charge < -0.3 is 10.1 Å². The molecular formula is C23H22N4O2. The van der Waals surface area contributed by atoms with Crippen molar-refractivity contribution in [3.63, 3.8) is 0 Å². The van der Waals surface area contributed by atoms with Crippen molar-refractivity contribution in [3.05, 3.63) is 78.0 Å². The summed E-state index contributed by atoms with van der Waals surface area (Å²) < 4.78 is 7.27. The zero-order chi connectivity index (χ0) is 20.2. The highest BCUT2D eigenvalue weighted by Crippen LogP contribution is 2.22. The van der Waals surface area contributed by atoms with E-state index in [4.69, 9.17) is 9.72 Å². The minimum atomic E-state index is -0.139. The lowest BCUT2D eigenvalue weighted by molar-refractivity contribution is -0.116. The lowest BCUT2D eigenvalue weighted by Crippen LogP contribution is -2.18. The van der Waals surface area contributed by atoms with Crippen molar-refractivity contribution in [1.82, 2.24) is 14.8 Å². The Morgan fingerprint density at radius 1 is 1.03 bits per heavy atom. The maximum Gasteiger partial charge on any atom is 0.228 e. The van der Waals surface area contributed by atoms with E-state index in [-0.39, 0.29) is 12.3 Å². The molecule has 2 heterocycles. The van der Waals surface area contributed by atoms with Crippen molar-refractivity contribution in [1.29, 1.82) is 0 Å². The van der Waals surface area contributed by atoms with E-state index in [0.717, 1.165) is 27.9 Å². The van der Waals surface area contributed by atoms with E-state index in [9.17, 15) is 4.79 Å². The van der Waals surface area contributed by atoms with Gasteiger partial charge in [-0.15, -0.1) is 0 Å². The summed E-state index contributed by atoms with van der Waals surface area (Å²) >= 11 is 0. The fraction of sp³-hybridized carbons (Fsp3) is 0.174. The fourth-order valence-corrected chi connectivity index (χ4v) is 3.19. The third kappa shape index (κ3) is 4.27. The largest absolute Gasteiger partial charge is 0.493 e. The van der Waals surface area contributed by atoms with Crippen LogP contribution in [0.5, 0.6) is 5.75 Å². The lowest BCUT2D eigenvalue weighted by Gasteiger charge is -2.11. The molecule has 0 spiro atoms. The van der Waals surface area contributed by atoms with Crippen LogP contribution < -0.4 is 10.1 Å². The number of carbonyl (C=O) groups excluding carboxylic acids is 1. The number of amides is 1. The molecule has 0 saturated carbocycles. The number of carbonyl (C=O) groups is 1. The number of rotatable bonds is 6. The molecule has 4 rings (SSSR count). The molecule has 0 aliphatic rings. The number of anilines is 1. The summed E-state index contributed by atoms with van der Waals surface area (Å²) in [6.45, 7) is 4.23. The molecule has 0 aliphatic carbocycles. The first-order chi connectivity index (χ1) is 14.1. The quantitative estimate of drug-likeness (QED) is 0.532. The highest BCUT2D eigenvalue weighted by atomic mass is 16.5. The summed E-state index contributed by atoms with van der Waals surface area (Å²) in [6, 6.07) is 21.2. The van der Waals surface area contributed by atoms with Gasteiger partial charge in [-0.05, 0) is 43.7 Å². The molecular weight excluding hydrogens is 364 g/mol. The Bertz CT molecular complexity index is 1150. The van der Waals surface area contributed by atoms with Gasteiger partial charge in [0.15, 0.2) is 5.82 Å². The Morgan fingerprint density at radius 3 is 2.62 bits per heavy atom. The van der Waals surface area contributed by atoms with Crippen LogP contribution in [-0.4, -0.2) is 27.3 Å². The van der Waals surface area contributed by atoms with Crippen LogP contribution in [0.25, 0.3) is 16.7 Å². The number of nitrogens with zero attached hydrogens (tertiary/aromatic N) is 3. The minimum absolute atomic E-state index is 0.139. The number of hydrogen-bond acceptors (Lipinski definition) is 4. The van der Waals surface area contributed by atoms with E-state index >= 15 is 0 Å². The Labute approximate surface area is 169 Å². The zero-order valence-electron chi connectivity index (χ0n) is 16.4. The number of benzene rings is 2. The maximum absolute atomic E-state index is 12.4. The van der Waals surface area contributed by atoms with Gasteiger partial charge in [0, 0.05) is 11.5 Å². The van der Waals surface area contributed by atoms with Crippen LogP contribution in [0.15, 0.2) is 66.7 Å². The van der Waals surface area contributed by atoms with Gasteiger partial charge in [0.2, 0.25) is 5.91 Å². The average molecular weight is 386 g/mol. The predicted octanol–water partition coefficient (Wildman–Crippen LogP) is 4.44. The van der Waals surface area contributed by atoms with E-state index in [1.54, 1.807) is 4.68 Å². The minimum Gasteiger partial charge on any atom is -0.493 e. The van der Waals surface area contributed by atoms with Crippen molar-refractivity contribution in [2.24, 2.45) is 0 Å². The molecule has 2 aromatic carbocycles. The molecule has 1 N–H and O–H groups in total. The second kappa shape index (κ2) is 8.14. The Morgan fingerprint density at radius 2 is 1.79 bits per heavy atom. The zero-order valence-corrected chi connectivity index (χ0v) is 16.4. The molecule has 4 aromatic rings. The summed E-state index contributed by atoms with van der Waals surface area (Å²) in [7, 11) is 0. The van der Waals surface area contributed by atoms with Gasteiger partial charge in [0.1, 0.15) is 11.6 Å². The Balaban J connectivity index is 1.50. The first kappa shape index (κ1) is 18.7. The van der Waals surface area contributed by atoms with Crippen LogP contribution in [0.4, 0.5) is 5.82 Å². The molecule has 146 valence electrons. The van der Waals surface area contributed by atoms with Crippen LogP contribution in [0, 0.1) is 13.8 Å². The molecule has 0 atom stereocenters. The molecule has 0 aliphatic heterocycles. The van der Waals surface area contributed by atoms with Gasteiger partial charge in [0.25, 0.3) is 0 Å². The van der Waals surface area contributed by atoms with Crippen LogP contribution in [0.2, 0.25) is 0 Å². The number of pyridine rings is 1. The van der Waals surface area contributed by atoms with Crippen molar-refractivity contribution in [3.8, 4) is 11.6 Å². The highest BCUT2D eigenvalue weighted by molar-refractivity contribution is 5.90. The van der Waals surface area contributed by atoms with E-state index in [2.05, 4.69) is 10.4 Å². The molecule has 0 saturated heterocycles. The number of para-hydroxylation sites is 2. The molecule has 29 heavy (non-hydrogen) atoms. The molecule has 0 radical (unpaired) electrons. The SMILES string of the molecule is Cc1cc(NC(=O)CCOc2ccccc2)n(-c2cc(C)c3ccccc3n2)n1. The second-order valence-corrected chi connectivity index (χ2v) is 6.86. The maximum atomic E-state index is 12.4. The predicted molar refractivity (Wildman–Crippen MR) is 114 cm³/mol. The van der Waals surface area contributed by atoms with Gasteiger partial charge in [0.05, 0.1) is 24.2 Å². The molecule has 0 bridgehead atoms. The first-order valence-electron chi connectivity index (χ1n) is 9.51. The third-order valence-corrected chi connectivity index (χ3v) is 4.57. The van der Waals surface area contributed by atoms with Crippen LogP contribution in [0.1, 0.15) is 17.7 Å². The first-order valence-corrected chi connectivity index (χ1v) is 9.51. The monoisotopic (exact) mass is 386 g/mol. The highest BCUT2D eigenvalue weighted by Gasteiger charge is 2.13. The number of fused-ring (bicyclic) bond motifs is 1. The molecule has 2 aromatic heterocycles. The number of ether oxygens (including phenoxy) is 1. The molecule has 1 amide bonds. The summed E-state index contributed by atoms with van der Waals surface area (Å²) in [4.78, 5) is 17.1. The van der Waals surface area contributed by atoms with Crippen molar-refractivity contribution in [2.75, 3.05) is 11.9 Å². The molecule has 6 nitrogen and oxygen atoms in total. The standard InChI is InChI=1S/C23H22N4O2/c1-16-14-21(24-20-11-7-6-10-19(16)20)27-22(15-17(2)26-27)25-23(28)12-13-29-18-8-4-3-5-9-18/h3-11,14-15H,12-13H2,1-2H3,(H,25,28). The van der Waals surface area contributed by atoms with Gasteiger partial charge in [-0.2, -0.15) is 9.78 Å². The summed E-state index contributed by atoms with van der Waals surface area (Å²) in [5.74, 6) is 1.87. The number of nitrogens with one attached hydrogen (secondary N) is 1. The van der Waals surface area contributed by atoms with E-state index in [1.807, 2.05) is 80.6 Å². The Hall–Kier alpha value is -3.67. The number of aryl methyl sites for hydroxylation is 2. The summed E-state index contributed by atoms with van der Waals surface area (Å²) in [5.41, 5.74) is 2.80. The van der Waals surface area contributed by atoms with E-state index < -0.39 is 0 Å². The van der Waals surface area contributed by atoms with Crippen molar-refractivity contribution in [2.45, 2.75) is 20.3 Å². The number of hydrogen-bond donors (Lipinski definition) is 1. The van der Waals surface area contributed by atoms with Crippen LogP contribution >= 0.6 is 0 Å². The van der Waals surface area contributed by atoms with E-state index in [1.165, 1.54) is 0 Å². The average Bonchev–Trinajstić information content (AvgIpc) is 3.09. The topological polar surface area (TPSA) is 69.0 Å². The Kier molecular flexibility index (Phi) is 5.24. The van der Waals surface area contributed by atoms with Crippen molar-refractivity contribution >= 4 is 22.6 Å². The summed E-state index contributed by atoms with van der Waals surface area (Å²) in [6.07, 6.45) is 0.239.